The van der Waals surface area contributed by atoms with Crippen LogP contribution in [-0.2, 0) is 17.7 Å². The molecule has 0 fully saturated rings. The van der Waals surface area contributed by atoms with Crippen LogP contribution in [0.1, 0.15) is 33.9 Å². The SMILES string of the molecule is COC(=O)c1cc(=O)n(Cc2nc(C[C@H](O)c3ccc(Cl)cc3)no2)c(=O)[nH]1. The summed E-state index contributed by atoms with van der Waals surface area (Å²) in [6, 6.07) is 7.59. The second kappa shape index (κ2) is 8.19. The van der Waals surface area contributed by atoms with E-state index in [2.05, 4.69) is 19.9 Å². The predicted molar refractivity (Wildman–Crippen MR) is 96.2 cm³/mol. The molecule has 3 rings (SSSR count). The Hall–Kier alpha value is -3.24. The van der Waals surface area contributed by atoms with E-state index >= 15 is 0 Å². The van der Waals surface area contributed by atoms with Crippen molar-refractivity contribution in [2.24, 2.45) is 0 Å². The van der Waals surface area contributed by atoms with E-state index in [1.165, 1.54) is 0 Å². The number of halogens is 1. The van der Waals surface area contributed by atoms with Crippen LogP contribution in [0.15, 0.2) is 44.4 Å². The summed E-state index contributed by atoms with van der Waals surface area (Å²) in [6.45, 7) is -0.292. The Morgan fingerprint density at radius 2 is 2.07 bits per heavy atom. The number of carbonyl (C=O) groups is 1. The van der Waals surface area contributed by atoms with Gasteiger partial charge < -0.3 is 19.4 Å². The van der Waals surface area contributed by atoms with E-state index in [0.29, 0.717) is 10.6 Å². The van der Waals surface area contributed by atoms with Gasteiger partial charge >= 0.3 is 11.7 Å². The summed E-state index contributed by atoms with van der Waals surface area (Å²) in [5.41, 5.74) is -1.19. The molecule has 11 heteroatoms. The van der Waals surface area contributed by atoms with Gasteiger partial charge in [-0.25, -0.2) is 9.59 Å². The molecule has 0 aliphatic rings. The van der Waals surface area contributed by atoms with Crippen LogP contribution in [0.5, 0.6) is 0 Å². The molecule has 146 valence electrons. The standard InChI is InChI=1S/C17H15ClN4O6/c1-27-16(25)11-6-15(24)22(17(26)19-11)8-14-20-13(21-28-14)7-12(23)9-2-4-10(18)5-3-9/h2-6,12,23H,7-8H2,1H3,(H,19,26)/t12-/m0/s1. The summed E-state index contributed by atoms with van der Waals surface area (Å²) >= 11 is 5.81. The maximum absolute atomic E-state index is 12.1. The first-order valence-corrected chi connectivity index (χ1v) is 8.42. The molecule has 28 heavy (non-hydrogen) atoms. The molecular weight excluding hydrogens is 392 g/mol. The first kappa shape index (κ1) is 19.5. The van der Waals surface area contributed by atoms with E-state index in [1.807, 2.05) is 0 Å². The number of hydrogen-bond acceptors (Lipinski definition) is 8. The zero-order chi connectivity index (χ0) is 20.3. The molecule has 1 aromatic carbocycles. The average Bonchev–Trinajstić information content (AvgIpc) is 3.11. The Balaban J connectivity index is 1.74. The molecule has 3 aromatic rings. The number of hydrogen-bond donors (Lipinski definition) is 2. The molecule has 0 amide bonds. The lowest BCUT2D eigenvalue weighted by molar-refractivity contribution is 0.0593. The fraction of sp³-hybridized carbons (Fsp3) is 0.235. The fourth-order valence-corrected chi connectivity index (χ4v) is 2.56. The molecule has 0 unspecified atom stereocenters. The number of methoxy groups -OCH3 is 1. The summed E-state index contributed by atoms with van der Waals surface area (Å²) in [5, 5.41) is 14.5. The molecular formula is C17H15ClN4O6. The number of rotatable bonds is 6. The van der Waals surface area contributed by atoms with Gasteiger partial charge in [-0.05, 0) is 17.7 Å². The molecule has 0 radical (unpaired) electrons. The molecule has 1 atom stereocenters. The highest BCUT2D eigenvalue weighted by Gasteiger charge is 2.16. The van der Waals surface area contributed by atoms with Gasteiger partial charge in [-0.15, -0.1) is 0 Å². The molecule has 0 aliphatic carbocycles. The van der Waals surface area contributed by atoms with Crippen LogP contribution in [0.4, 0.5) is 0 Å². The van der Waals surface area contributed by atoms with Crippen molar-refractivity contribution < 1.29 is 19.2 Å². The van der Waals surface area contributed by atoms with E-state index in [9.17, 15) is 19.5 Å². The number of esters is 1. The van der Waals surface area contributed by atoms with E-state index < -0.39 is 23.3 Å². The Morgan fingerprint density at radius 3 is 2.71 bits per heavy atom. The van der Waals surface area contributed by atoms with Gasteiger partial charge in [-0.1, -0.05) is 28.9 Å². The van der Waals surface area contributed by atoms with Crippen LogP contribution in [0.25, 0.3) is 0 Å². The summed E-state index contributed by atoms with van der Waals surface area (Å²) < 4.78 is 10.3. The first-order valence-electron chi connectivity index (χ1n) is 8.05. The number of aromatic nitrogens is 4. The van der Waals surface area contributed by atoms with Crippen molar-refractivity contribution in [1.82, 2.24) is 19.7 Å². The molecule has 0 saturated carbocycles. The van der Waals surface area contributed by atoms with Gasteiger partial charge in [-0.3, -0.25) is 9.36 Å². The van der Waals surface area contributed by atoms with Gasteiger partial charge in [0.05, 0.1) is 13.2 Å². The molecule has 2 N–H and O–H groups in total. The number of aliphatic hydroxyl groups is 1. The third kappa shape index (κ3) is 4.35. The second-order valence-electron chi connectivity index (χ2n) is 5.78. The van der Waals surface area contributed by atoms with E-state index in [1.54, 1.807) is 24.3 Å². The minimum Gasteiger partial charge on any atom is -0.464 e. The third-order valence-corrected chi connectivity index (χ3v) is 4.11. The highest BCUT2D eigenvalue weighted by atomic mass is 35.5. The van der Waals surface area contributed by atoms with Crippen LogP contribution < -0.4 is 11.2 Å². The largest absolute Gasteiger partial charge is 0.464 e. The lowest BCUT2D eigenvalue weighted by Gasteiger charge is -2.08. The van der Waals surface area contributed by atoms with E-state index in [0.717, 1.165) is 17.7 Å². The number of carbonyl (C=O) groups excluding carboxylic acids is 1. The smallest absolute Gasteiger partial charge is 0.354 e. The van der Waals surface area contributed by atoms with E-state index in [4.69, 9.17) is 16.1 Å². The van der Waals surface area contributed by atoms with Crippen LogP contribution in [0.3, 0.4) is 0 Å². The number of aromatic amines is 1. The molecule has 0 aliphatic heterocycles. The topological polar surface area (TPSA) is 140 Å². The molecule has 0 saturated heterocycles. The third-order valence-electron chi connectivity index (χ3n) is 3.86. The highest BCUT2D eigenvalue weighted by Crippen LogP contribution is 2.19. The normalized spacial score (nSPS) is 12.0. The number of H-pyrrole nitrogens is 1. The highest BCUT2D eigenvalue weighted by molar-refractivity contribution is 6.30. The maximum atomic E-state index is 12.1. The monoisotopic (exact) mass is 406 g/mol. The van der Waals surface area contributed by atoms with Crippen molar-refractivity contribution in [3.63, 3.8) is 0 Å². The maximum Gasteiger partial charge on any atom is 0.354 e. The number of nitrogens with one attached hydrogen (secondary N) is 1. The number of benzene rings is 1. The molecule has 10 nitrogen and oxygen atoms in total. The summed E-state index contributed by atoms with van der Waals surface area (Å²) in [7, 11) is 1.13. The van der Waals surface area contributed by atoms with Crippen molar-refractivity contribution in [2.75, 3.05) is 7.11 Å². The first-order chi connectivity index (χ1) is 13.4. The van der Waals surface area contributed by atoms with Crippen LogP contribution in [0.2, 0.25) is 5.02 Å². The second-order valence-corrected chi connectivity index (χ2v) is 6.22. The number of ether oxygens (including phenoxy) is 1. The summed E-state index contributed by atoms with van der Waals surface area (Å²) in [4.78, 5) is 41.9. The Morgan fingerprint density at radius 1 is 1.36 bits per heavy atom. The summed E-state index contributed by atoms with van der Waals surface area (Å²) in [6.07, 6.45) is -0.814. The molecule has 0 spiro atoms. The van der Waals surface area contributed by atoms with Gasteiger partial charge in [-0.2, -0.15) is 4.98 Å². The van der Waals surface area contributed by atoms with E-state index in [-0.39, 0.29) is 30.4 Å². The Kier molecular flexibility index (Phi) is 5.71. The Bertz CT molecular complexity index is 1070. The van der Waals surface area contributed by atoms with Crippen LogP contribution in [0, 0.1) is 0 Å². The lowest BCUT2D eigenvalue weighted by atomic mass is 10.1. The van der Waals surface area contributed by atoms with Crippen molar-refractivity contribution in [2.45, 2.75) is 19.1 Å². The zero-order valence-electron chi connectivity index (χ0n) is 14.6. The minimum absolute atomic E-state index is 0.00303. The van der Waals surface area contributed by atoms with Crippen LogP contribution >= 0.6 is 11.6 Å². The van der Waals surface area contributed by atoms with Crippen molar-refractivity contribution in [1.29, 1.82) is 0 Å². The van der Waals surface area contributed by atoms with Crippen molar-refractivity contribution >= 4 is 17.6 Å². The molecule has 2 heterocycles. The van der Waals surface area contributed by atoms with Gasteiger partial charge in [0, 0.05) is 17.5 Å². The fourth-order valence-electron chi connectivity index (χ4n) is 2.44. The Labute approximate surface area is 162 Å². The van der Waals surface area contributed by atoms with Crippen LogP contribution in [-0.4, -0.2) is 37.9 Å². The van der Waals surface area contributed by atoms with Crippen molar-refractivity contribution in [3.05, 3.63) is 79.2 Å². The van der Waals surface area contributed by atoms with Gasteiger partial charge in [0.15, 0.2) is 5.82 Å². The quantitative estimate of drug-likeness (QED) is 0.569. The number of nitrogens with zero attached hydrogens (tertiary/aromatic N) is 3. The molecule has 2 aromatic heterocycles. The zero-order valence-corrected chi connectivity index (χ0v) is 15.3. The lowest BCUT2D eigenvalue weighted by Crippen LogP contribution is -2.36. The predicted octanol–water partition coefficient (Wildman–Crippen LogP) is 0.684. The average molecular weight is 407 g/mol. The minimum atomic E-state index is -0.881. The van der Waals surface area contributed by atoms with Gasteiger partial charge in [0.2, 0.25) is 5.89 Å². The van der Waals surface area contributed by atoms with Gasteiger partial charge in [0.1, 0.15) is 12.2 Å². The van der Waals surface area contributed by atoms with Gasteiger partial charge in [0.25, 0.3) is 5.56 Å². The molecule has 0 bridgehead atoms. The van der Waals surface area contributed by atoms with Crippen molar-refractivity contribution in [3.8, 4) is 0 Å². The summed E-state index contributed by atoms with van der Waals surface area (Å²) in [5.74, 6) is -0.637. The number of aliphatic hydroxyl groups excluding tert-OH is 1.